The Hall–Kier alpha value is -0.930. The van der Waals surface area contributed by atoms with Crippen molar-refractivity contribution in [3.8, 4) is 0 Å². The van der Waals surface area contributed by atoms with Crippen LogP contribution >= 0.6 is 22.6 Å². The van der Waals surface area contributed by atoms with Gasteiger partial charge in [-0.05, 0) is 60.6 Å². The van der Waals surface area contributed by atoms with Gasteiger partial charge in [-0.2, -0.15) is 0 Å². The number of rotatable bonds is 2. The second kappa shape index (κ2) is 6.18. The Bertz CT molecular complexity index is 867. The van der Waals surface area contributed by atoms with Crippen molar-refractivity contribution in [2.45, 2.75) is 30.8 Å². The van der Waals surface area contributed by atoms with Gasteiger partial charge in [0.2, 0.25) is 0 Å². The van der Waals surface area contributed by atoms with Crippen LogP contribution in [0.5, 0.6) is 0 Å². The SMILES string of the molecule is Cc1nc2ccc(I)cc2c(N2CCC[C@H](O)C2)c1S(C)(=O)=O. The first kappa shape index (κ1) is 16.9. The Kier molecular flexibility index (Phi) is 4.54. The molecule has 124 valence electrons. The number of aromatic nitrogens is 1. The standard InChI is InChI=1S/C16H19IN2O3S/c1-10-16(23(2,21)22)15(19-7-3-4-12(20)9-19)13-8-11(17)5-6-14(13)18-10/h5-6,8,12,20H,3-4,7,9H2,1-2H3/t12-/m0/s1. The van der Waals surface area contributed by atoms with E-state index in [4.69, 9.17) is 0 Å². The van der Waals surface area contributed by atoms with Gasteiger partial charge in [0.15, 0.2) is 9.84 Å². The molecule has 1 N–H and O–H groups in total. The van der Waals surface area contributed by atoms with Gasteiger partial charge >= 0.3 is 0 Å². The van der Waals surface area contributed by atoms with E-state index in [2.05, 4.69) is 27.6 Å². The fourth-order valence-corrected chi connectivity index (χ4v) is 4.90. The second-order valence-electron chi connectivity index (χ2n) is 6.05. The monoisotopic (exact) mass is 446 g/mol. The van der Waals surface area contributed by atoms with E-state index in [0.717, 1.165) is 33.9 Å². The lowest BCUT2D eigenvalue weighted by atomic mass is 10.1. The van der Waals surface area contributed by atoms with Crippen molar-refractivity contribution in [3.05, 3.63) is 27.5 Å². The molecule has 2 aromatic rings. The third-order valence-electron chi connectivity index (χ3n) is 4.13. The smallest absolute Gasteiger partial charge is 0.179 e. The molecule has 0 spiro atoms. The van der Waals surface area contributed by atoms with E-state index in [1.54, 1.807) is 6.92 Å². The lowest BCUT2D eigenvalue weighted by Crippen LogP contribution is -2.39. The molecule has 1 fully saturated rings. The van der Waals surface area contributed by atoms with Crippen LogP contribution in [0.3, 0.4) is 0 Å². The molecule has 2 heterocycles. The molecule has 7 heteroatoms. The summed E-state index contributed by atoms with van der Waals surface area (Å²) in [5.74, 6) is 0. The van der Waals surface area contributed by atoms with E-state index >= 15 is 0 Å². The minimum atomic E-state index is -3.42. The zero-order valence-electron chi connectivity index (χ0n) is 13.1. The van der Waals surface area contributed by atoms with Crippen molar-refractivity contribution in [1.29, 1.82) is 0 Å². The molecule has 0 bridgehead atoms. The molecule has 0 aliphatic carbocycles. The zero-order chi connectivity index (χ0) is 16.8. The summed E-state index contributed by atoms with van der Waals surface area (Å²) in [4.78, 5) is 6.76. The number of benzene rings is 1. The van der Waals surface area contributed by atoms with Crippen LogP contribution in [-0.2, 0) is 9.84 Å². The number of hydrogen-bond acceptors (Lipinski definition) is 5. The molecule has 1 aromatic carbocycles. The molecule has 0 saturated carbocycles. The van der Waals surface area contributed by atoms with E-state index in [1.165, 1.54) is 6.26 Å². The van der Waals surface area contributed by atoms with Gasteiger partial charge in [0, 0.05) is 28.3 Å². The van der Waals surface area contributed by atoms with E-state index in [-0.39, 0.29) is 4.90 Å². The normalized spacial score (nSPS) is 19.3. The number of sulfone groups is 1. The summed E-state index contributed by atoms with van der Waals surface area (Å²) in [5.41, 5.74) is 1.98. The summed E-state index contributed by atoms with van der Waals surface area (Å²) < 4.78 is 25.8. The molecular weight excluding hydrogens is 427 g/mol. The largest absolute Gasteiger partial charge is 0.391 e. The maximum absolute atomic E-state index is 12.4. The number of anilines is 1. The van der Waals surface area contributed by atoms with Crippen molar-refractivity contribution >= 4 is 49.0 Å². The van der Waals surface area contributed by atoms with Crippen LogP contribution in [0.4, 0.5) is 5.69 Å². The van der Waals surface area contributed by atoms with Crippen molar-refractivity contribution < 1.29 is 13.5 Å². The number of β-amino-alcohol motifs (C(OH)–C–C–N with tert-alkyl or cyclic N) is 1. The topological polar surface area (TPSA) is 70.5 Å². The number of halogens is 1. The Morgan fingerprint density at radius 2 is 2.13 bits per heavy atom. The third-order valence-corrected chi connectivity index (χ3v) is 6.03. The van der Waals surface area contributed by atoms with Crippen LogP contribution in [0.15, 0.2) is 23.1 Å². The maximum atomic E-state index is 12.4. The van der Waals surface area contributed by atoms with Crippen LogP contribution < -0.4 is 4.90 Å². The highest BCUT2D eigenvalue weighted by atomic mass is 127. The fourth-order valence-electron chi connectivity index (χ4n) is 3.24. The quantitative estimate of drug-likeness (QED) is 0.719. The average molecular weight is 446 g/mol. The van der Waals surface area contributed by atoms with Crippen LogP contribution in [-0.4, -0.2) is 44.0 Å². The van der Waals surface area contributed by atoms with E-state index in [9.17, 15) is 13.5 Å². The third kappa shape index (κ3) is 3.32. The summed E-state index contributed by atoms with van der Waals surface area (Å²) in [6, 6.07) is 5.84. The lowest BCUT2D eigenvalue weighted by molar-refractivity contribution is 0.154. The van der Waals surface area contributed by atoms with E-state index in [1.807, 2.05) is 23.1 Å². The molecule has 1 aliphatic rings. The molecular formula is C16H19IN2O3S. The summed E-state index contributed by atoms with van der Waals surface area (Å²) in [6.45, 7) is 2.92. The van der Waals surface area contributed by atoms with Crippen molar-refractivity contribution in [2.75, 3.05) is 24.2 Å². The maximum Gasteiger partial charge on any atom is 0.179 e. The van der Waals surface area contributed by atoms with Crippen LogP contribution in [0, 0.1) is 10.5 Å². The first-order valence-electron chi connectivity index (χ1n) is 7.50. The molecule has 23 heavy (non-hydrogen) atoms. The minimum Gasteiger partial charge on any atom is -0.391 e. The predicted octanol–water partition coefficient (Wildman–Crippen LogP) is 2.51. The highest BCUT2D eigenvalue weighted by Crippen LogP contribution is 2.37. The minimum absolute atomic E-state index is 0.279. The summed E-state index contributed by atoms with van der Waals surface area (Å²) in [6.07, 6.45) is 2.39. The van der Waals surface area contributed by atoms with Gasteiger partial charge < -0.3 is 10.0 Å². The summed E-state index contributed by atoms with van der Waals surface area (Å²) >= 11 is 2.22. The van der Waals surface area contributed by atoms with Crippen LogP contribution in [0.1, 0.15) is 18.5 Å². The Morgan fingerprint density at radius 3 is 2.78 bits per heavy atom. The fraction of sp³-hybridized carbons (Fsp3) is 0.438. The van der Waals surface area contributed by atoms with Gasteiger partial charge in [-0.1, -0.05) is 0 Å². The Labute approximate surface area is 149 Å². The molecule has 1 aliphatic heterocycles. The molecule has 1 saturated heterocycles. The Morgan fingerprint density at radius 1 is 1.39 bits per heavy atom. The molecule has 3 rings (SSSR count). The van der Waals surface area contributed by atoms with Gasteiger partial charge in [-0.3, -0.25) is 4.98 Å². The van der Waals surface area contributed by atoms with E-state index in [0.29, 0.717) is 17.9 Å². The molecule has 5 nitrogen and oxygen atoms in total. The van der Waals surface area contributed by atoms with Gasteiger partial charge in [0.1, 0.15) is 4.90 Å². The number of aliphatic hydroxyl groups is 1. The number of piperidine rings is 1. The van der Waals surface area contributed by atoms with Gasteiger partial charge in [0.25, 0.3) is 0 Å². The van der Waals surface area contributed by atoms with Gasteiger partial charge in [-0.25, -0.2) is 8.42 Å². The number of fused-ring (bicyclic) bond motifs is 1. The highest BCUT2D eigenvalue weighted by molar-refractivity contribution is 14.1. The van der Waals surface area contributed by atoms with Crippen molar-refractivity contribution in [2.24, 2.45) is 0 Å². The second-order valence-corrected chi connectivity index (χ2v) is 9.25. The number of nitrogens with zero attached hydrogens (tertiary/aromatic N) is 2. The van der Waals surface area contributed by atoms with E-state index < -0.39 is 15.9 Å². The van der Waals surface area contributed by atoms with Gasteiger partial charge in [-0.15, -0.1) is 0 Å². The molecule has 0 amide bonds. The predicted molar refractivity (Wildman–Crippen MR) is 99.8 cm³/mol. The highest BCUT2D eigenvalue weighted by Gasteiger charge is 2.28. The zero-order valence-corrected chi connectivity index (χ0v) is 16.1. The molecule has 0 radical (unpaired) electrons. The molecule has 1 atom stereocenters. The van der Waals surface area contributed by atoms with Crippen molar-refractivity contribution in [3.63, 3.8) is 0 Å². The first-order chi connectivity index (χ1) is 10.8. The summed E-state index contributed by atoms with van der Waals surface area (Å²) in [5, 5.41) is 10.9. The van der Waals surface area contributed by atoms with Crippen LogP contribution in [0.2, 0.25) is 0 Å². The van der Waals surface area contributed by atoms with Gasteiger partial charge in [0.05, 0.1) is 23.0 Å². The summed E-state index contributed by atoms with van der Waals surface area (Å²) in [7, 11) is -3.42. The first-order valence-corrected chi connectivity index (χ1v) is 10.5. The number of pyridine rings is 1. The van der Waals surface area contributed by atoms with Crippen molar-refractivity contribution in [1.82, 2.24) is 4.98 Å². The Balaban J connectivity index is 2.36. The number of aryl methyl sites for hydroxylation is 1. The van der Waals surface area contributed by atoms with Crippen LogP contribution in [0.25, 0.3) is 10.9 Å². The molecule has 0 unspecified atom stereocenters. The molecule has 1 aromatic heterocycles. The number of aliphatic hydroxyl groups excluding tert-OH is 1. The lowest BCUT2D eigenvalue weighted by Gasteiger charge is -2.34. The average Bonchev–Trinajstić information content (AvgIpc) is 2.45. The number of hydrogen-bond donors (Lipinski definition) is 1.